The molecule has 0 aromatic heterocycles. The third kappa shape index (κ3) is 4.32. The van der Waals surface area contributed by atoms with Crippen LogP contribution in [0.3, 0.4) is 0 Å². The van der Waals surface area contributed by atoms with Crippen molar-refractivity contribution in [3.05, 3.63) is 35.6 Å². The number of carbonyl (C=O) groups is 1. The summed E-state index contributed by atoms with van der Waals surface area (Å²) in [6.45, 7) is 9.12. The summed E-state index contributed by atoms with van der Waals surface area (Å²) in [5, 5.41) is 13.3. The number of amides is 1. The van der Waals surface area contributed by atoms with Crippen molar-refractivity contribution in [1.82, 2.24) is 15.1 Å². The van der Waals surface area contributed by atoms with Gasteiger partial charge in [0, 0.05) is 26.2 Å². The fourth-order valence-electron chi connectivity index (χ4n) is 2.92. The Hall–Kier alpha value is -1.50. The minimum absolute atomic E-state index is 0.110. The summed E-state index contributed by atoms with van der Waals surface area (Å²) in [4.78, 5) is 17.1. The van der Waals surface area contributed by atoms with Crippen LogP contribution in [0.1, 0.15) is 32.4 Å². The Bertz CT molecular complexity index is 554. The molecule has 0 bridgehead atoms. The summed E-state index contributed by atoms with van der Waals surface area (Å²) in [5.41, 5.74) is -0.0560. The number of nitrogens with one attached hydrogen (secondary N) is 1. The van der Waals surface area contributed by atoms with Crippen LogP contribution in [0.15, 0.2) is 24.3 Å². The molecule has 1 amide bonds. The number of aliphatic hydroxyl groups excluding tert-OH is 1. The maximum absolute atomic E-state index is 13.0. The zero-order chi connectivity index (χ0) is 17.9. The average Bonchev–Trinajstić information content (AvgIpc) is 2.55. The Balaban J connectivity index is 1.98. The molecule has 1 saturated heterocycles. The van der Waals surface area contributed by atoms with Gasteiger partial charge in [-0.2, -0.15) is 0 Å². The third-order valence-corrected chi connectivity index (χ3v) is 4.89. The highest BCUT2D eigenvalue weighted by Gasteiger charge is 2.37. The highest BCUT2D eigenvalue weighted by molar-refractivity contribution is 5.85. The van der Waals surface area contributed by atoms with Gasteiger partial charge in [-0.05, 0) is 45.5 Å². The van der Waals surface area contributed by atoms with Gasteiger partial charge in [-0.1, -0.05) is 12.1 Å². The minimum Gasteiger partial charge on any atom is -0.386 e. The summed E-state index contributed by atoms with van der Waals surface area (Å²) in [5.74, 6) is -0.459. The van der Waals surface area contributed by atoms with Crippen LogP contribution in [-0.2, 0) is 4.79 Å². The monoisotopic (exact) mass is 337 g/mol. The quantitative estimate of drug-likeness (QED) is 0.853. The smallest absolute Gasteiger partial charge is 0.240 e. The molecule has 134 valence electrons. The molecular formula is C18H28FN3O2. The number of nitrogens with zero attached hydrogens (tertiary/aromatic N) is 2. The van der Waals surface area contributed by atoms with Crippen molar-refractivity contribution in [2.24, 2.45) is 0 Å². The van der Waals surface area contributed by atoms with E-state index < -0.39 is 17.7 Å². The minimum atomic E-state index is -0.877. The lowest BCUT2D eigenvalue weighted by atomic mass is 9.98. The van der Waals surface area contributed by atoms with Gasteiger partial charge in [-0.3, -0.25) is 9.69 Å². The van der Waals surface area contributed by atoms with E-state index in [0.717, 1.165) is 26.2 Å². The van der Waals surface area contributed by atoms with Gasteiger partial charge in [0.1, 0.15) is 5.82 Å². The molecule has 1 aromatic rings. The number of hydrogen-bond donors (Lipinski definition) is 2. The number of rotatable bonds is 5. The van der Waals surface area contributed by atoms with Crippen molar-refractivity contribution >= 4 is 5.91 Å². The van der Waals surface area contributed by atoms with Gasteiger partial charge in [0.15, 0.2) is 0 Å². The van der Waals surface area contributed by atoms with Gasteiger partial charge in [0.25, 0.3) is 0 Å². The van der Waals surface area contributed by atoms with Gasteiger partial charge in [-0.15, -0.1) is 0 Å². The fourth-order valence-corrected chi connectivity index (χ4v) is 2.92. The highest BCUT2D eigenvalue weighted by atomic mass is 19.1. The fraction of sp³-hybridized carbons (Fsp3) is 0.611. The molecule has 2 rings (SSSR count). The van der Waals surface area contributed by atoms with Gasteiger partial charge in [0.05, 0.1) is 17.7 Å². The first kappa shape index (κ1) is 18.8. The molecule has 0 spiro atoms. The molecular weight excluding hydrogens is 309 g/mol. The van der Waals surface area contributed by atoms with E-state index in [4.69, 9.17) is 0 Å². The number of benzene rings is 1. The Labute approximate surface area is 143 Å². The predicted octanol–water partition coefficient (Wildman–Crippen LogP) is 1.39. The topological polar surface area (TPSA) is 55.8 Å². The number of likely N-dealkylation sites (N-methyl/N-ethyl adjacent to an activating group) is 1. The van der Waals surface area contributed by atoms with Crippen LogP contribution in [0.25, 0.3) is 0 Å². The zero-order valence-electron chi connectivity index (χ0n) is 14.9. The lowest BCUT2D eigenvalue weighted by molar-refractivity contribution is -0.134. The molecule has 2 atom stereocenters. The number of hydrogen-bond acceptors (Lipinski definition) is 4. The van der Waals surface area contributed by atoms with Crippen molar-refractivity contribution < 1.29 is 14.3 Å². The number of piperazine rings is 1. The molecule has 0 aliphatic carbocycles. The summed E-state index contributed by atoms with van der Waals surface area (Å²) < 4.78 is 13.0. The number of aliphatic hydroxyl groups is 1. The lowest BCUT2D eigenvalue weighted by Gasteiger charge is -2.42. The van der Waals surface area contributed by atoms with Crippen LogP contribution in [0, 0.1) is 5.82 Å². The Morgan fingerprint density at radius 2 is 1.75 bits per heavy atom. The van der Waals surface area contributed by atoms with Gasteiger partial charge >= 0.3 is 0 Å². The van der Waals surface area contributed by atoms with E-state index in [2.05, 4.69) is 22.2 Å². The second-order valence-corrected chi connectivity index (χ2v) is 7.11. The van der Waals surface area contributed by atoms with E-state index >= 15 is 0 Å². The van der Waals surface area contributed by atoms with E-state index in [9.17, 15) is 14.3 Å². The van der Waals surface area contributed by atoms with Crippen molar-refractivity contribution in [3.63, 3.8) is 0 Å². The first-order valence-corrected chi connectivity index (χ1v) is 8.40. The van der Waals surface area contributed by atoms with Gasteiger partial charge in [0.2, 0.25) is 5.91 Å². The summed E-state index contributed by atoms with van der Waals surface area (Å²) in [6.07, 6.45) is -0.877. The molecule has 1 aliphatic heterocycles. The summed E-state index contributed by atoms with van der Waals surface area (Å²) >= 11 is 0. The van der Waals surface area contributed by atoms with E-state index in [0.29, 0.717) is 5.56 Å². The molecule has 6 heteroatoms. The first-order valence-electron chi connectivity index (χ1n) is 8.40. The molecule has 0 radical (unpaired) electrons. The molecule has 2 unspecified atom stereocenters. The maximum Gasteiger partial charge on any atom is 0.240 e. The van der Waals surface area contributed by atoms with Crippen LogP contribution < -0.4 is 5.32 Å². The average molecular weight is 337 g/mol. The summed E-state index contributed by atoms with van der Waals surface area (Å²) in [6, 6.07) is 5.22. The molecule has 1 fully saturated rings. The zero-order valence-corrected chi connectivity index (χ0v) is 14.9. The van der Waals surface area contributed by atoms with Crippen molar-refractivity contribution in [1.29, 1.82) is 0 Å². The van der Waals surface area contributed by atoms with Gasteiger partial charge in [-0.25, -0.2) is 4.39 Å². The molecule has 2 N–H and O–H groups in total. The normalized spacial score (nSPS) is 19.8. The Morgan fingerprint density at radius 1 is 1.21 bits per heavy atom. The largest absolute Gasteiger partial charge is 0.386 e. The number of carbonyl (C=O) groups excluding carboxylic acids is 1. The highest BCUT2D eigenvalue weighted by Crippen LogP contribution is 2.20. The van der Waals surface area contributed by atoms with Crippen molar-refractivity contribution in [2.75, 3.05) is 33.2 Å². The predicted molar refractivity (Wildman–Crippen MR) is 92.1 cm³/mol. The van der Waals surface area contributed by atoms with E-state index in [1.165, 1.54) is 24.3 Å². The Kier molecular flexibility index (Phi) is 5.96. The summed E-state index contributed by atoms with van der Waals surface area (Å²) in [7, 11) is 2.07. The van der Waals surface area contributed by atoms with Crippen LogP contribution in [0.2, 0.25) is 0 Å². The second-order valence-electron chi connectivity index (χ2n) is 7.11. The molecule has 1 heterocycles. The molecule has 5 nitrogen and oxygen atoms in total. The molecule has 1 aromatic carbocycles. The lowest BCUT2D eigenvalue weighted by Crippen LogP contribution is -2.61. The molecule has 24 heavy (non-hydrogen) atoms. The van der Waals surface area contributed by atoms with Crippen LogP contribution >= 0.6 is 0 Å². The van der Waals surface area contributed by atoms with Crippen LogP contribution in [0.5, 0.6) is 0 Å². The van der Waals surface area contributed by atoms with Gasteiger partial charge < -0.3 is 15.3 Å². The third-order valence-electron chi connectivity index (χ3n) is 4.89. The van der Waals surface area contributed by atoms with Crippen LogP contribution in [0.4, 0.5) is 4.39 Å². The van der Waals surface area contributed by atoms with Crippen molar-refractivity contribution in [3.8, 4) is 0 Å². The van der Waals surface area contributed by atoms with Crippen molar-refractivity contribution in [2.45, 2.75) is 38.5 Å². The van der Waals surface area contributed by atoms with E-state index in [-0.39, 0.29) is 11.7 Å². The number of halogens is 1. The SMILES string of the molecule is CC(NC(=O)C(C)(C)N1CCN(C)CC1)C(O)c1ccc(F)cc1. The van der Waals surface area contributed by atoms with E-state index in [1.807, 2.05) is 13.8 Å². The maximum atomic E-state index is 13.0. The standard InChI is InChI=1S/C18H28FN3O2/c1-13(16(23)14-5-7-15(19)8-6-14)20-17(24)18(2,3)22-11-9-21(4)10-12-22/h5-8,13,16,23H,9-12H2,1-4H3,(H,20,24). The molecule has 1 aliphatic rings. The second kappa shape index (κ2) is 7.59. The van der Waals surface area contributed by atoms with E-state index in [1.54, 1.807) is 6.92 Å². The Morgan fingerprint density at radius 3 is 2.29 bits per heavy atom. The first-order chi connectivity index (χ1) is 11.2. The van der Waals surface area contributed by atoms with Crippen LogP contribution in [-0.4, -0.2) is 65.6 Å². The molecule has 0 saturated carbocycles.